The fraction of sp³-hybridized carbons (Fsp3) is 0.0455. The Hall–Kier alpha value is -2.75. The number of halogens is 2. The van der Waals surface area contributed by atoms with Crippen LogP contribution >= 0.6 is 23.2 Å². The number of nitrogens with zero attached hydrogens (tertiary/aromatic N) is 2. The SMILES string of the molecule is Cn1c2cc(Cl)ccc2c2c1c1ccccc1c(=O)n2-c1ccc(Cl)cc1. The summed E-state index contributed by atoms with van der Waals surface area (Å²) in [5.74, 6) is 0. The Balaban J connectivity index is 2.12. The van der Waals surface area contributed by atoms with Gasteiger partial charge in [-0.05, 0) is 48.5 Å². The van der Waals surface area contributed by atoms with Gasteiger partial charge in [0.2, 0.25) is 0 Å². The maximum absolute atomic E-state index is 13.4. The molecule has 0 N–H and O–H groups in total. The third-order valence-corrected chi connectivity index (χ3v) is 5.55. The molecule has 0 aliphatic rings. The van der Waals surface area contributed by atoms with Gasteiger partial charge in [0.05, 0.1) is 16.6 Å². The Morgan fingerprint density at radius 3 is 2.15 bits per heavy atom. The second-order valence-corrected chi connectivity index (χ2v) is 7.45. The minimum absolute atomic E-state index is 0.0529. The molecule has 0 unspecified atom stereocenters. The Kier molecular flexibility index (Phi) is 3.58. The lowest BCUT2D eigenvalue weighted by atomic mass is 10.1. The Morgan fingerprint density at radius 2 is 1.41 bits per heavy atom. The van der Waals surface area contributed by atoms with Gasteiger partial charge in [0.15, 0.2) is 0 Å². The van der Waals surface area contributed by atoms with Crippen LogP contribution in [0.2, 0.25) is 10.0 Å². The van der Waals surface area contributed by atoms with E-state index in [2.05, 4.69) is 4.57 Å². The van der Waals surface area contributed by atoms with Gasteiger partial charge in [-0.3, -0.25) is 9.36 Å². The highest BCUT2D eigenvalue weighted by Crippen LogP contribution is 2.34. The lowest BCUT2D eigenvalue weighted by molar-refractivity contribution is 1.01. The highest BCUT2D eigenvalue weighted by atomic mass is 35.5. The van der Waals surface area contributed by atoms with Gasteiger partial charge in [-0.2, -0.15) is 0 Å². The fourth-order valence-corrected chi connectivity index (χ4v) is 4.15. The average molecular weight is 393 g/mol. The second kappa shape index (κ2) is 5.88. The van der Waals surface area contributed by atoms with Crippen LogP contribution in [-0.2, 0) is 7.05 Å². The molecule has 0 bridgehead atoms. The van der Waals surface area contributed by atoms with Crippen LogP contribution in [0.25, 0.3) is 38.4 Å². The lowest BCUT2D eigenvalue weighted by Gasteiger charge is -2.12. The van der Waals surface area contributed by atoms with Gasteiger partial charge >= 0.3 is 0 Å². The van der Waals surface area contributed by atoms with E-state index in [1.807, 2.05) is 61.6 Å². The number of benzene rings is 3. The molecular weight excluding hydrogens is 379 g/mol. The van der Waals surface area contributed by atoms with Crippen molar-refractivity contribution >= 4 is 55.9 Å². The second-order valence-electron chi connectivity index (χ2n) is 6.58. The fourth-order valence-electron chi connectivity index (χ4n) is 3.86. The van der Waals surface area contributed by atoms with Crippen LogP contribution in [0.4, 0.5) is 0 Å². The van der Waals surface area contributed by atoms with Crippen molar-refractivity contribution in [1.29, 1.82) is 0 Å². The van der Waals surface area contributed by atoms with Crippen LogP contribution in [0.3, 0.4) is 0 Å². The lowest BCUT2D eigenvalue weighted by Crippen LogP contribution is -2.19. The zero-order valence-electron chi connectivity index (χ0n) is 14.4. The third kappa shape index (κ3) is 2.32. The van der Waals surface area contributed by atoms with Crippen molar-refractivity contribution in [2.75, 3.05) is 0 Å². The molecule has 0 aliphatic heterocycles. The van der Waals surface area contributed by atoms with Crippen molar-refractivity contribution in [3.8, 4) is 5.69 Å². The predicted octanol–water partition coefficient (Wildman–Crippen LogP) is 5.94. The summed E-state index contributed by atoms with van der Waals surface area (Å²) < 4.78 is 3.87. The number of hydrogen-bond donors (Lipinski definition) is 0. The third-order valence-electron chi connectivity index (χ3n) is 5.06. The molecule has 2 heterocycles. The quantitative estimate of drug-likeness (QED) is 0.346. The summed E-state index contributed by atoms with van der Waals surface area (Å²) in [5.41, 5.74) is 3.58. The van der Waals surface area contributed by atoms with E-state index < -0.39 is 0 Å². The molecule has 0 fully saturated rings. The first-order valence-electron chi connectivity index (χ1n) is 8.53. The highest BCUT2D eigenvalue weighted by Gasteiger charge is 2.19. The normalized spacial score (nSPS) is 11.7. The van der Waals surface area contributed by atoms with Crippen LogP contribution in [-0.4, -0.2) is 9.13 Å². The number of pyridine rings is 1. The standard InChI is InChI=1S/C22H14Cl2N2O/c1-25-19-12-14(24)8-11-18(19)21-20(25)16-4-2-3-5-17(16)22(27)26(21)15-9-6-13(23)7-10-15/h2-12H,1H3. The van der Waals surface area contributed by atoms with E-state index in [0.29, 0.717) is 15.4 Å². The van der Waals surface area contributed by atoms with E-state index >= 15 is 0 Å². The van der Waals surface area contributed by atoms with E-state index in [9.17, 15) is 4.79 Å². The molecule has 27 heavy (non-hydrogen) atoms. The maximum atomic E-state index is 13.4. The molecule has 0 radical (unpaired) electrons. The molecule has 3 aromatic carbocycles. The van der Waals surface area contributed by atoms with E-state index in [4.69, 9.17) is 23.2 Å². The molecule has 0 aliphatic carbocycles. The molecule has 2 aromatic heterocycles. The Morgan fingerprint density at radius 1 is 0.741 bits per heavy atom. The van der Waals surface area contributed by atoms with Gasteiger partial charge in [-0.1, -0.05) is 41.4 Å². The van der Waals surface area contributed by atoms with Gasteiger partial charge in [-0.15, -0.1) is 0 Å². The molecule has 5 rings (SSSR count). The highest BCUT2D eigenvalue weighted by molar-refractivity contribution is 6.32. The van der Waals surface area contributed by atoms with Crippen molar-refractivity contribution in [1.82, 2.24) is 9.13 Å². The number of aryl methyl sites for hydroxylation is 1. The van der Waals surface area contributed by atoms with Gasteiger partial charge in [0.1, 0.15) is 0 Å². The van der Waals surface area contributed by atoms with Crippen molar-refractivity contribution in [2.24, 2.45) is 7.05 Å². The van der Waals surface area contributed by atoms with Gasteiger partial charge in [0.25, 0.3) is 5.56 Å². The van der Waals surface area contributed by atoms with Crippen LogP contribution in [0.15, 0.2) is 71.5 Å². The summed E-state index contributed by atoms with van der Waals surface area (Å²) in [6.07, 6.45) is 0. The van der Waals surface area contributed by atoms with Gasteiger partial charge in [0, 0.05) is 38.9 Å². The van der Waals surface area contributed by atoms with Crippen LogP contribution in [0.5, 0.6) is 0 Å². The molecule has 0 amide bonds. The largest absolute Gasteiger partial charge is 0.342 e. The van der Waals surface area contributed by atoms with Crippen LogP contribution in [0, 0.1) is 0 Å². The molecular formula is C22H14Cl2N2O. The number of fused-ring (bicyclic) bond motifs is 5. The topological polar surface area (TPSA) is 26.9 Å². The first-order chi connectivity index (χ1) is 13.1. The zero-order chi connectivity index (χ0) is 18.7. The molecule has 0 saturated carbocycles. The summed E-state index contributed by atoms with van der Waals surface area (Å²) in [7, 11) is 2.00. The van der Waals surface area contributed by atoms with E-state index in [-0.39, 0.29) is 5.56 Å². The van der Waals surface area contributed by atoms with E-state index in [1.54, 1.807) is 16.7 Å². The summed E-state index contributed by atoms with van der Waals surface area (Å²) in [4.78, 5) is 13.4. The van der Waals surface area contributed by atoms with Crippen molar-refractivity contribution in [3.05, 3.63) is 87.1 Å². The molecule has 0 atom stereocenters. The van der Waals surface area contributed by atoms with Crippen molar-refractivity contribution in [2.45, 2.75) is 0 Å². The molecule has 5 heteroatoms. The Labute approximate surface area is 165 Å². The summed E-state index contributed by atoms with van der Waals surface area (Å²) >= 11 is 12.3. The van der Waals surface area contributed by atoms with Crippen molar-refractivity contribution < 1.29 is 0 Å². The minimum atomic E-state index is -0.0529. The average Bonchev–Trinajstić information content (AvgIpc) is 2.96. The predicted molar refractivity (Wildman–Crippen MR) is 114 cm³/mol. The van der Waals surface area contributed by atoms with Crippen molar-refractivity contribution in [3.63, 3.8) is 0 Å². The van der Waals surface area contributed by atoms with Crippen LogP contribution in [0.1, 0.15) is 0 Å². The number of aromatic nitrogens is 2. The van der Waals surface area contributed by atoms with Gasteiger partial charge < -0.3 is 4.57 Å². The Bertz CT molecular complexity index is 1410. The number of hydrogen-bond acceptors (Lipinski definition) is 1. The summed E-state index contributed by atoms with van der Waals surface area (Å²) in [6, 6.07) is 20.8. The zero-order valence-corrected chi connectivity index (χ0v) is 15.9. The summed E-state index contributed by atoms with van der Waals surface area (Å²) in [6.45, 7) is 0. The first-order valence-corrected chi connectivity index (χ1v) is 9.29. The molecule has 132 valence electrons. The minimum Gasteiger partial charge on any atom is -0.342 e. The molecule has 0 spiro atoms. The van der Waals surface area contributed by atoms with Gasteiger partial charge in [-0.25, -0.2) is 0 Å². The number of rotatable bonds is 1. The monoisotopic (exact) mass is 392 g/mol. The van der Waals surface area contributed by atoms with E-state index in [0.717, 1.165) is 33.0 Å². The summed E-state index contributed by atoms with van der Waals surface area (Å²) in [5, 5.41) is 3.89. The molecule has 3 nitrogen and oxygen atoms in total. The molecule has 5 aromatic rings. The van der Waals surface area contributed by atoms with Crippen LogP contribution < -0.4 is 5.56 Å². The first kappa shape index (κ1) is 16.4. The maximum Gasteiger partial charge on any atom is 0.263 e. The smallest absolute Gasteiger partial charge is 0.263 e. The molecule has 0 saturated heterocycles. The van der Waals surface area contributed by atoms with E-state index in [1.165, 1.54) is 0 Å².